The molecule has 4 heteroatoms. The molecule has 0 heterocycles. The second kappa shape index (κ2) is 31.6. The van der Waals surface area contributed by atoms with Crippen LogP contribution in [0.25, 0.3) is 63.8 Å². The van der Waals surface area contributed by atoms with E-state index in [0.29, 0.717) is 17.2 Å². The van der Waals surface area contributed by atoms with Gasteiger partial charge in [-0.2, -0.15) is 0 Å². The minimum Gasteiger partial charge on any atom is -0.496 e. The van der Waals surface area contributed by atoms with Crippen molar-refractivity contribution in [1.29, 1.82) is 0 Å². The van der Waals surface area contributed by atoms with Crippen molar-refractivity contribution in [1.82, 2.24) is 0 Å². The molecule has 0 unspecified atom stereocenters. The maximum Gasteiger partial charge on any atom is 0.140 e. The summed E-state index contributed by atoms with van der Waals surface area (Å²) in [7, 11) is 1.66. The minimum absolute atomic E-state index is 0.529. The highest BCUT2D eigenvalue weighted by Crippen LogP contribution is 2.35. The zero-order valence-corrected chi connectivity index (χ0v) is 42.9. The summed E-state index contributed by atoms with van der Waals surface area (Å²) in [5, 5.41) is 0. The molecular formula is C75H38O4. The fraction of sp³-hybridized carbons (Fsp3) is 0.0400. The van der Waals surface area contributed by atoms with E-state index in [1.54, 1.807) is 7.11 Å². The molecule has 0 aliphatic carbocycles. The molecule has 0 radical (unpaired) electrons. The molecule has 6 aromatic rings. The highest BCUT2D eigenvalue weighted by atomic mass is 16.5. The van der Waals surface area contributed by atoms with E-state index in [9.17, 15) is 0 Å². The van der Waals surface area contributed by atoms with Crippen LogP contribution in [0, 0.1) is 187 Å². The summed E-state index contributed by atoms with van der Waals surface area (Å²) >= 11 is 0. The number of hydrogen-bond donors (Lipinski definition) is 0. The first-order valence-electron chi connectivity index (χ1n) is 23.6. The normalized spacial score (nSPS) is 8.81. The Balaban J connectivity index is 1.34. The fourth-order valence-electron chi connectivity index (χ4n) is 7.07. The molecule has 6 aromatic carbocycles. The summed E-state index contributed by atoms with van der Waals surface area (Å²) in [5.41, 5.74) is 11.6. The highest BCUT2D eigenvalue weighted by molar-refractivity contribution is 5.87. The molecule has 6 rings (SSSR count). The van der Waals surface area contributed by atoms with Crippen molar-refractivity contribution in [2.75, 3.05) is 7.11 Å². The van der Waals surface area contributed by atoms with Crippen molar-refractivity contribution in [3.05, 3.63) is 161 Å². The summed E-state index contributed by atoms with van der Waals surface area (Å²) in [6.07, 6.45) is 35.6. The lowest BCUT2D eigenvalue weighted by atomic mass is 9.93. The molecule has 79 heavy (non-hydrogen) atoms. The van der Waals surface area contributed by atoms with Crippen LogP contribution >= 0.6 is 0 Å². The van der Waals surface area contributed by atoms with Crippen LogP contribution in [0.1, 0.15) is 40.3 Å². The van der Waals surface area contributed by atoms with Gasteiger partial charge < -0.3 is 18.9 Å². The Morgan fingerprint density at radius 2 is 0.759 bits per heavy atom. The number of hydrogen-bond acceptors (Lipinski definition) is 4. The Kier molecular flexibility index (Phi) is 22.2. The third-order valence-electron chi connectivity index (χ3n) is 10.4. The van der Waals surface area contributed by atoms with Gasteiger partial charge in [0.05, 0.1) is 7.11 Å². The van der Waals surface area contributed by atoms with Gasteiger partial charge >= 0.3 is 0 Å². The average molecular weight is 1000 g/mol. The number of ether oxygens (including phenoxy) is 4. The van der Waals surface area contributed by atoms with Gasteiger partial charge in [-0.15, -0.1) is 19.3 Å². The second-order valence-electron chi connectivity index (χ2n) is 15.5. The SMILES string of the molecule is C#CC#CC#CC#CC#COc1ccc(-c2cc(/C=C/c3ccc(/C=C/c4cc(OC)c(C)cc4-c4cccc(OC#CC#CC#CC#CC#C)c4)cc3-c3cccc(OC#CC#CC#CC#CC#C)c3)ccc2/C=C/C)cc1. The first-order valence-corrected chi connectivity index (χ1v) is 23.6. The van der Waals surface area contributed by atoms with Crippen molar-refractivity contribution in [2.24, 2.45) is 0 Å². The summed E-state index contributed by atoms with van der Waals surface area (Å²) in [5.74, 6) is 62.5. The van der Waals surface area contributed by atoms with Crippen LogP contribution in [0.4, 0.5) is 0 Å². The highest BCUT2D eigenvalue weighted by Gasteiger charge is 2.12. The van der Waals surface area contributed by atoms with Crippen LogP contribution in [0.2, 0.25) is 0 Å². The summed E-state index contributed by atoms with van der Waals surface area (Å²) in [6.45, 7) is 4.00. The molecule has 0 atom stereocenters. The smallest absolute Gasteiger partial charge is 0.140 e. The standard InChI is InChI=1S/C75H38O4/c1-7-11-14-17-20-23-26-29-51-77-69-49-47-65(48-50-69)73-55-61(39-43-63(73)34-10-4)40-44-64-45-41-62(56-74(64)67-36-33-38-71(58-67)79-53-31-28-25-22-19-16-13-9-3)42-46-68-59-75(76-6)60(5)54-72(68)66-35-32-37-70(57-66)78-52-30-27-24-21-18-15-12-8-2/h1-3,10,32-50,54-59H,4-6H3/b34-10+,44-40+,46-42+. The van der Waals surface area contributed by atoms with E-state index in [4.69, 9.17) is 38.2 Å². The number of aryl methyl sites for hydroxylation is 1. The van der Waals surface area contributed by atoms with E-state index in [1.165, 1.54) is 0 Å². The zero-order valence-electron chi connectivity index (χ0n) is 42.9. The van der Waals surface area contributed by atoms with Gasteiger partial charge in [-0.25, -0.2) is 0 Å². The van der Waals surface area contributed by atoms with Gasteiger partial charge in [-0.3, -0.25) is 0 Å². The lowest BCUT2D eigenvalue weighted by Gasteiger charge is -2.13. The van der Waals surface area contributed by atoms with Gasteiger partial charge in [0.25, 0.3) is 0 Å². The predicted molar refractivity (Wildman–Crippen MR) is 321 cm³/mol. The molecule has 0 aliphatic rings. The number of methoxy groups -OCH3 is 1. The van der Waals surface area contributed by atoms with Crippen molar-refractivity contribution in [3.63, 3.8) is 0 Å². The van der Waals surface area contributed by atoms with Crippen molar-refractivity contribution in [3.8, 4) is 236 Å². The molecule has 0 aliphatic heterocycles. The van der Waals surface area contributed by atoms with E-state index >= 15 is 0 Å². The quantitative estimate of drug-likeness (QED) is 0.0904. The largest absolute Gasteiger partial charge is 0.496 e. The summed E-state index contributed by atoms with van der Waals surface area (Å²) in [4.78, 5) is 0. The van der Waals surface area contributed by atoms with Gasteiger partial charge in [0, 0.05) is 71.0 Å². The van der Waals surface area contributed by atoms with E-state index in [-0.39, 0.29) is 0 Å². The van der Waals surface area contributed by atoms with Gasteiger partial charge in [-0.05, 0) is 212 Å². The molecule has 362 valence electrons. The Bertz CT molecular complexity index is 4390. The van der Waals surface area contributed by atoms with Gasteiger partial charge in [-0.1, -0.05) is 97.1 Å². The zero-order chi connectivity index (χ0) is 55.5. The lowest BCUT2D eigenvalue weighted by molar-refractivity contribution is 0.411. The lowest BCUT2D eigenvalue weighted by Crippen LogP contribution is -1.92. The Morgan fingerprint density at radius 1 is 0.354 bits per heavy atom. The maximum absolute atomic E-state index is 5.82. The van der Waals surface area contributed by atoms with Crippen LogP contribution in [0.5, 0.6) is 23.0 Å². The topological polar surface area (TPSA) is 36.9 Å². The number of benzene rings is 6. The van der Waals surface area contributed by atoms with E-state index in [2.05, 4.69) is 233 Å². The molecule has 0 saturated carbocycles. The summed E-state index contributed by atoms with van der Waals surface area (Å²) < 4.78 is 22.9. The number of terminal acetylenes is 3. The van der Waals surface area contributed by atoms with E-state index in [1.807, 2.05) is 98.8 Å². The van der Waals surface area contributed by atoms with Gasteiger partial charge in [0.2, 0.25) is 0 Å². The third-order valence-corrected chi connectivity index (χ3v) is 10.4. The van der Waals surface area contributed by atoms with Crippen molar-refractivity contribution in [2.45, 2.75) is 13.8 Å². The first-order chi connectivity index (χ1) is 38.9. The van der Waals surface area contributed by atoms with Crippen LogP contribution in [-0.4, -0.2) is 7.11 Å². The van der Waals surface area contributed by atoms with Crippen molar-refractivity contribution >= 4 is 30.4 Å². The monoisotopic (exact) mass is 1000 g/mol. The average Bonchev–Trinajstić information content (AvgIpc) is 3.48. The number of rotatable bonds is 12. The molecule has 0 N–H and O–H groups in total. The molecule has 0 aromatic heterocycles. The minimum atomic E-state index is 0.529. The molecular weight excluding hydrogens is 965 g/mol. The predicted octanol–water partition coefficient (Wildman–Crippen LogP) is 12.3. The van der Waals surface area contributed by atoms with Gasteiger partial charge in [0.15, 0.2) is 0 Å². The van der Waals surface area contributed by atoms with Crippen LogP contribution in [-0.2, 0) is 0 Å². The van der Waals surface area contributed by atoms with Crippen LogP contribution in [0.3, 0.4) is 0 Å². The molecule has 0 bridgehead atoms. The van der Waals surface area contributed by atoms with Crippen LogP contribution in [0.15, 0.2) is 127 Å². The Labute approximate surface area is 464 Å². The summed E-state index contributed by atoms with van der Waals surface area (Å²) in [6, 6.07) is 39.9. The Hall–Kier alpha value is -12.9. The molecule has 4 nitrogen and oxygen atoms in total. The van der Waals surface area contributed by atoms with Crippen LogP contribution < -0.4 is 18.9 Å². The van der Waals surface area contributed by atoms with Gasteiger partial charge in [0.1, 0.15) is 41.3 Å². The molecule has 0 amide bonds. The van der Waals surface area contributed by atoms with E-state index in [0.717, 1.165) is 72.5 Å². The second-order valence-corrected chi connectivity index (χ2v) is 15.5. The Morgan fingerprint density at radius 3 is 1.22 bits per heavy atom. The van der Waals surface area contributed by atoms with Crippen molar-refractivity contribution < 1.29 is 18.9 Å². The first kappa shape index (κ1) is 55.5. The number of allylic oxidation sites excluding steroid dienone is 1. The molecule has 0 fully saturated rings. The fourth-order valence-corrected chi connectivity index (χ4v) is 7.07. The third kappa shape index (κ3) is 18.3. The molecule has 0 saturated heterocycles. The maximum atomic E-state index is 5.82. The van der Waals surface area contributed by atoms with E-state index < -0.39 is 0 Å². The molecule has 0 spiro atoms.